The molecule has 1 N–H and O–H groups in total. The molecule has 78 valence electrons. The first-order valence-corrected chi connectivity index (χ1v) is 5.45. The van der Waals surface area contributed by atoms with Gasteiger partial charge in [-0.1, -0.05) is 0 Å². The van der Waals surface area contributed by atoms with Gasteiger partial charge in [-0.3, -0.25) is 0 Å². The van der Waals surface area contributed by atoms with Crippen LogP contribution in [0.4, 0.5) is 0 Å². The highest BCUT2D eigenvalue weighted by atomic mass is 16.5. The van der Waals surface area contributed by atoms with Gasteiger partial charge in [0.05, 0.1) is 5.60 Å². The topological polar surface area (TPSA) is 21.3 Å². The van der Waals surface area contributed by atoms with Gasteiger partial charge in [0.25, 0.3) is 0 Å². The first-order chi connectivity index (χ1) is 6.08. The Bertz CT molecular complexity index is 134. The first-order valence-electron chi connectivity index (χ1n) is 5.45. The Hall–Kier alpha value is -0.0800. The molecule has 1 rings (SSSR count). The van der Waals surface area contributed by atoms with Gasteiger partial charge in [0.15, 0.2) is 0 Å². The van der Waals surface area contributed by atoms with Gasteiger partial charge in [0.1, 0.15) is 0 Å². The van der Waals surface area contributed by atoms with Crippen LogP contribution >= 0.6 is 0 Å². The summed E-state index contributed by atoms with van der Waals surface area (Å²) in [7, 11) is 0. The molecule has 2 heteroatoms. The Kier molecular flexibility index (Phi) is 4.20. The van der Waals surface area contributed by atoms with Crippen molar-refractivity contribution in [1.29, 1.82) is 0 Å². The van der Waals surface area contributed by atoms with E-state index in [1.165, 1.54) is 32.2 Å². The van der Waals surface area contributed by atoms with E-state index in [1.54, 1.807) is 0 Å². The highest BCUT2D eigenvalue weighted by Crippen LogP contribution is 2.12. The summed E-state index contributed by atoms with van der Waals surface area (Å²) in [5.41, 5.74) is 0.0309. The summed E-state index contributed by atoms with van der Waals surface area (Å²) in [6, 6.07) is 0.767. The molecule has 1 heterocycles. The van der Waals surface area contributed by atoms with E-state index in [4.69, 9.17) is 4.74 Å². The standard InChI is InChI=1S/C11H23NO/c1-11(2,3)13-9-5-7-10-6-4-8-12-10/h10,12H,4-9H2,1-3H3/t10-/m0/s1. The van der Waals surface area contributed by atoms with Gasteiger partial charge < -0.3 is 10.1 Å². The summed E-state index contributed by atoms with van der Waals surface area (Å²) in [4.78, 5) is 0. The van der Waals surface area contributed by atoms with E-state index < -0.39 is 0 Å². The van der Waals surface area contributed by atoms with Gasteiger partial charge >= 0.3 is 0 Å². The zero-order valence-corrected chi connectivity index (χ0v) is 9.23. The highest BCUT2D eigenvalue weighted by Gasteiger charge is 2.14. The summed E-state index contributed by atoms with van der Waals surface area (Å²) < 4.78 is 5.66. The second kappa shape index (κ2) is 4.97. The van der Waals surface area contributed by atoms with E-state index in [9.17, 15) is 0 Å². The third kappa shape index (κ3) is 5.27. The van der Waals surface area contributed by atoms with E-state index in [-0.39, 0.29) is 5.60 Å². The zero-order valence-electron chi connectivity index (χ0n) is 9.23. The Morgan fingerprint density at radius 1 is 1.38 bits per heavy atom. The summed E-state index contributed by atoms with van der Waals surface area (Å²) in [5.74, 6) is 0. The lowest BCUT2D eigenvalue weighted by molar-refractivity contribution is -0.00522. The molecule has 1 saturated heterocycles. The summed E-state index contributed by atoms with van der Waals surface area (Å²) in [5, 5.41) is 3.50. The SMILES string of the molecule is CC(C)(C)OCCC[C@@H]1CCCN1. The van der Waals surface area contributed by atoms with Crippen molar-refractivity contribution < 1.29 is 4.74 Å². The number of hydrogen-bond donors (Lipinski definition) is 1. The van der Waals surface area contributed by atoms with Gasteiger partial charge in [-0.25, -0.2) is 0 Å². The molecule has 0 aromatic rings. The van der Waals surface area contributed by atoms with Crippen LogP contribution in [0, 0.1) is 0 Å². The summed E-state index contributed by atoms with van der Waals surface area (Å²) in [6.07, 6.45) is 5.17. The van der Waals surface area contributed by atoms with Crippen LogP contribution in [0.2, 0.25) is 0 Å². The maximum Gasteiger partial charge on any atom is 0.0598 e. The minimum atomic E-state index is 0.0309. The van der Waals surface area contributed by atoms with Gasteiger partial charge in [0.2, 0.25) is 0 Å². The molecular formula is C11H23NO. The zero-order chi connectivity index (χ0) is 9.73. The van der Waals surface area contributed by atoms with Crippen LogP contribution in [0.5, 0.6) is 0 Å². The number of rotatable bonds is 4. The van der Waals surface area contributed by atoms with Crippen molar-refractivity contribution in [2.24, 2.45) is 0 Å². The lowest BCUT2D eigenvalue weighted by Gasteiger charge is -2.20. The quantitative estimate of drug-likeness (QED) is 0.679. The molecule has 1 aliphatic heterocycles. The molecule has 0 aromatic heterocycles. The van der Waals surface area contributed by atoms with E-state index in [2.05, 4.69) is 26.1 Å². The third-order valence-corrected chi connectivity index (χ3v) is 2.39. The number of nitrogens with one attached hydrogen (secondary N) is 1. The average molecular weight is 185 g/mol. The highest BCUT2D eigenvalue weighted by molar-refractivity contribution is 4.73. The van der Waals surface area contributed by atoms with Crippen molar-refractivity contribution in [3.8, 4) is 0 Å². The Morgan fingerprint density at radius 2 is 2.15 bits per heavy atom. The Morgan fingerprint density at radius 3 is 2.69 bits per heavy atom. The molecular weight excluding hydrogens is 162 g/mol. The van der Waals surface area contributed by atoms with Crippen LogP contribution in [0.1, 0.15) is 46.5 Å². The normalized spacial score (nSPS) is 23.8. The molecule has 1 aliphatic rings. The third-order valence-electron chi connectivity index (χ3n) is 2.39. The molecule has 1 atom stereocenters. The molecule has 0 radical (unpaired) electrons. The van der Waals surface area contributed by atoms with E-state index in [1.807, 2.05) is 0 Å². The molecule has 0 aromatic carbocycles. The van der Waals surface area contributed by atoms with Crippen LogP contribution in [-0.2, 0) is 4.74 Å². The maximum absolute atomic E-state index is 5.66. The summed E-state index contributed by atoms with van der Waals surface area (Å²) >= 11 is 0. The van der Waals surface area contributed by atoms with Gasteiger partial charge in [0, 0.05) is 12.6 Å². The van der Waals surface area contributed by atoms with Crippen LogP contribution < -0.4 is 5.32 Å². The van der Waals surface area contributed by atoms with Crippen molar-refractivity contribution in [2.75, 3.05) is 13.2 Å². The second-order valence-corrected chi connectivity index (χ2v) is 4.90. The molecule has 1 fully saturated rings. The monoisotopic (exact) mass is 185 g/mol. The Balaban J connectivity index is 1.94. The molecule has 0 bridgehead atoms. The fourth-order valence-corrected chi connectivity index (χ4v) is 1.71. The molecule has 0 spiro atoms. The predicted octanol–water partition coefficient (Wildman–Crippen LogP) is 2.33. The largest absolute Gasteiger partial charge is 0.376 e. The van der Waals surface area contributed by atoms with Gasteiger partial charge in [-0.15, -0.1) is 0 Å². The molecule has 13 heavy (non-hydrogen) atoms. The lowest BCUT2D eigenvalue weighted by Crippen LogP contribution is -2.23. The molecule has 0 amide bonds. The van der Waals surface area contributed by atoms with Crippen LogP contribution in [0.25, 0.3) is 0 Å². The predicted molar refractivity (Wildman–Crippen MR) is 56.0 cm³/mol. The van der Waals surface area contributed by atoms with Crippen LogP contribution in [0.15, 0.2) is 0 Å². The van der Waals surface area contributed by atoms with Crippen molar-refractivity contribution in [2.45, 2.75) is 58.1 Å². The van der Waals surface area contributed by atoms with Crippen molar-refractivity contribution >= 4 is 0 Å². The van der Waals surface area contributed by atoms with Gasteiger partial charge in [-0.2, -0.15) is 0 Å². The van der Waals surface area contributed by atoms with Crippen molar-refractivity contribution in [3.05, 3.63) is 0 Å². The second-order valence-electron chi connectivity index (χ2n) is 4.90. The molecule has 0 aliphatic carbocycles. The van der Waals surface area contributed by atoms with E-state index in [0.29, 0.717) is 0 Å². The summed E-state index contributed by atoms with van der Waals surface area (Å²) in [6.45, 7) is 8.45. The molecule has 2 nitrogen and oxygen atoms in total. The van der Waals surface area contributed by atoms with Crippen molar-refractivity contribution in [3.63, 3.8) is 0 Å². The number of ether oxygens (including phenoxy) is 1. The van der Waals surface area contributed by atoms with E-state index in [0.717, 1.165) is 12.6 Å². The molecule has 0 saturated carbocycles. The minimum absolute atomic E-state index is 0.0309. The van der Waals surface area contributed by atoms with Crippen LogP contribution in [-0.4, -0.2) is 24.8 Å². The number of hydrogen-bond acceptors (Lipinski definition) is 2. The van der Waals surface area contributed by atoms with Crippen molar-refractivity contribution in [1.82, 2.24) is 5.32 Å². The fraction of sp³-hybridized carbons (Fsp3) is 1.00. The average Bonchev–Trinajstić information content (AvgIpc) is 2.48. The van der Waals surface area contributed by atoms with Crippen LogP contribution in [0.3, 0.4) is 0 Å². The van der Waals surface area contributed by atoms with E-state index >= 15 is 0 Å². The molecule has 0 unspecified atom stereocenters. The fourth-order valence-electron chi connectivity index (χ4n) is 1.71. The maximum atomic E-state index is 5.66. The first kappa shape index (κ1) is 11.0. The van der Waals surface area contributed by atoms with Gasteiger partial charge in [-0.05, 0) is 53.0 Å². The lowest BCUT2D eigenvalue weighted by atomic mass is 10.1. The Labute approximate surface area is 82.0 Å². The minimum Gasteiger partial charge on any atom is -0.376 e. The smallest absolute Gasteiger partial charge is 0.0598 e.